The van der Waals surface area contributed by atoms with E-state index >= 15 is 0 Å². The Morgan fingerprint density at radius 3 is 2.63 bits per heavy atom. The fourth-order valence-electron chi connectivity index (χ4n) is 2.85. The number of carbonyl (C=O) groups excluding carboxylic acids is 1. The van der Waals surface area contributed by atoms with E-state index in [4.69, 9.17) is 14.0 Å². The third-order valence-corrected chi connectivity index (χ3v) is 4.29. The summed E-state index contributed by atoms with van der Waals surface area (Å²) in [5.74, 6) is 1.65. The monoisotopic (exact) mass is 401 g/mol. The Hall–Kier alpha value is -4.13. The third kappa shape index (κ3) is 4.47. The third-order valence-electron chi connectivity index (χ3n) is 4.29. The first-order valence-electron chi connectivity index (χ1n) is 9.28. The summed E-state index contributed by atoms with van der Waals surface area (Å²) in [4.78, 5) is 16.7. The topological polar surface area (TPSA) is 86.5 Å². The molecule has 7 heteroatoms. The van der Waals surface area contributed by atoms with Gasteiger partial charge in [0, 0.05) is 11.3 Å². The van der Waals surface area contributed by atoms with Gasteiger partial charge in [0.15, 0.2) is 6.61 Å². The van der Waals surface area contributed by atoms with Gasteiger partial charge in [0.25, 0.3) is 11.8 Å². The summed E-state index contributed by atoms with van der Waals surface area (Å²) in [5, 5.41) is 6.85. The lowest BCUT2D eigenvalue weighted by atomic mass is 10.2. The fraction of sp³-hybridized carbons (Fsp3) is 0.0870. The van der Waals surface area contributed by atoms with Crippen molar-refractivity contribution < 1.29 is 18.8 Å². The van der Waals surface area contributed by atoms with Crippen LogP contribution in [0.15, 0.2) is 83.4 Å². The van der Waals surface area contributed by atoms with Crippen molar-refractivity contribution in [2.24, 2.45) is 0 Å². The Morgan fingerprint density at radius 1 is 1.00 bits per heavy atom. The number of methoxy groups -OCH3 is 1. The van der Waals surface area contributed by atoms with Crippen molar-refractivity contribution >= 4 is 11.6 Å². The number of hydrogen-bond donors (Lipinski definition) is 1. The van der Waals surface area contributed by atoms with Gasteiger partial charge in [-0.05, 0) is 42.5 Å². The summed E-state index contributed by atoms with van der Waals surface area (Å²) in [6.45, 7) is -0.146. The largest absolute Gasteiger partial charge is 0.497 e. The number of hydrogen-bond acceptors (Lipinski definition) is 6. The number of ether oxygens (including phenoxy) is 2. The maximum atomic E-state index is 12.2. The highest BCUT2D eigenvalue weighted by Gasteiger charge is 2.16. The molecule has 4 rings (SSSR count). The minimum atomic E-state index is -0.263. The van der Waals surface area contributed by atoms with E-state index < -0.39 is 0 Å². The van der Waals surface area contributed by atoms with Crippen molar-refractivity contribution in [3.8, 4) is 34.3 Å². The lowest BCUT2D eigenvalue weighted by molar-refractivity contribution is -0.118. The minimum absolute atomic E-state index is 0.146. The second-order valence-corrected chi connectivity index (χ2v) is 6.35. The molecule has 1 amide bonds. The molecule has 0 fully saturated rings. The lowest BCUT2D eigenvalue weighted by Crippen LogP contribution is -2.20. The van der Waals surface area contributed by atoms with E-state index in [1.807, 2.05) is 72.8 Å². The zero-order chi connectivity index (χ0) is 20.8. The number of anilines is 1. The molecule has 30 heavy (non-hydrogen) atoms. The van der Waals surface area contributed by atoms with Gasteiger partial charge >= 0.3 is 0 Å². The van der Waals surface area contributed by atoms with Crippen LogP contribution in [0, 0.1) is 0 Å². The average molecular weight is 401 g/mol. The lowest BCUT2D eigenvalue weighted by Gasteiger charge is -2.09. The van der Waals surface area contributed by atoms with Crippen molar-refractivity contribution in [1.29, 1.82) is 0 Å². The molecule has 0 atom stereocenters. The molecule has 0 unspecified atom stereocenters. The smallest absolute Gasteiger partial charge is 0.262 e. The van der Waals surface area contributed by atoms with Crippen LogP contribution in [0.1, 0.15) is 0 Å². The molecule has 3 aromatic carbocycles. The van der Waals surface area contributed by atoms with Crippen LogP contribution in [0.5, 0.6) is 11.5 Å². The van der Waals surface area contributed by atoms with Gasteiger partial charge in [0.2, 0.25) is 5.82 Å². The second kappa shape index (κ2) is 8.91. The van der Waals surface area contributed by atoms with E-state index in [1.165, 1.54) is 0 Å². The molecule has 4 aromatic rings. The summed E-state index contributed by atoms with van der Waals surface area (Å²) in [5.41, 5.74) is 2.08. The zero-order valence-electron chi connectivity index (χ0n) is 16.2. The molecule has 1 N–H and O–H groups in total. The predicted octanol–water partition coefficient (Wildman–Crippen LogP) is 4.43. The van der Waals surface area contributed by atoms with E-state index in [0.717, 1.165) is 5.56 Å². The number of nitrogens with zero attached hydrogens (tertiary/aromatic N) is 2. The molecule has 1 aromatic heterocycles. The normalized spacial score (nSPS) is 10.4. The molecule has 0 saturated carbocycles. The molecule has 1 heterocycles. The standard InChI is InChI=1S/C23H19N3O4/c1-28-18-11-7-8-16(14-18)23-25-22(26-30-23)19-12-5-6-13-20(19)29-15-21(27)24-17-9-3-2-4-10-17/h2-14H,15H2,1H3,(H,24,27). The number of aromatic nitrogens is 2. The molecule has 150 valence electrons. The fourth-order valence-corrected chi connectivity index (χ4v) is 2.85. The number of carbonyl (C=O) groups is 1. The molecule has 0 aliphatic rings. The molecule has 0 bridgehead atoms. The van der Waals surface area contributed by atoms with E-state index in [1.54, 1.807) is 13.2 Å². The maximum Gasteiger partial charge on any atom is 0.262 e. The zero-order valence-corrected chi connectivity index (χ0v) is 16.2. The first-order valence-corrected chi connectivity index (χ1v) is 9.28. The molecular weight excluding hydrogens is 382 g/mol. The van der Waals surface area contributed by atoms with Crippen LogP contribution in [0.4, 0.5) is 5.69 Å². The number of para-hydroxylation sites is 2. The van der Waals surface area contributed by atoms with Gasteiger partial charge in [-0.15, -0.1) is 0 Å². The van der Waals surface area contributed by atoms with Crippen LogP contribution < -0.4 is 14.8 Å². The highest BCUT2D eigenvalue weighted by atomic mass is 16.5. The summed E-state index contributed by atoms with van der Waals surface area (Å²) < 4.78 is 16.4. The minimum Gasteiger partial charge on any atom is -0.497 e. The Labute approximate surface area is 173 Å². The van der Waals surface area contributed by atoms with Gasteiger partial charge in [0.05, 0.1) is 12.7 Å². The van der Waals surface area contributed by atoms with Gasteiger partial charge in [0.1, 0.15) is 11.5 Å². The first kappa shape index (κ1) is 19.2. The Bertz CT molecular complexity index is 1140. The van der Waals surface area contributed by atoms with Crippen molar-refractivity contribution in [2.75, 3.05) is 19.0 Å². The van der Waals surface area contributed by atoms with Crippen LogP contribution >= 0.6 is 0 Å². The summed E-state index contributed by atoms with van der Waals surface area (Å²) in [6.07, 6.45) is 0. The molecule has 0 spiro atoms. The average Bonchev–Trinajstić information content (AvgIpc) is 3.29. The molecular formula is C23H19N3O4. The van der Waals surface area contributed by atoms with Crippen molar-refractivity contribution in [1.82, 2.24) is 10.1 Å². The molecule has 7 nitrogen and oxygen atoms in total. The van der Waals surface area contributed by atoms with E-state index in [-0.39, 0.29) is 12.5 Å². The van der Waals surface area contributed by atoms with E-state index in [0.29, 0.717) is 34.5 Å². The second-order valence-electron chi connectivity index (χ2n) is 6.35. The number of rotatable bonds is 7. The van der Waals surface area contributed by atoms with Crippen LogP contribution in [0.2, 0.25) is 0 Å². The molecule has 0 saturated heterocycles. The quantitative estimate of drug-likeness (QED) is 0.493. The van der Waals surface area contributed by atoms with Crippen molar-refractivity contribution in [3.63, 3.8) is 0 Å². The van der Waals surface area contributed by atoms with Crippen LogP contribution in [-0.4, -0.2) is 29.8 Å². The highest BCUT2D eigenvalue weighted by molar-refractivity contribution is 5.91. The SMILES string of the molecule is COc1cccc(-c2nc(-c3ccccc3OCC(=O)Nc3ccccc3)no2)c1. The molecule has 0 radical (unpaired) electrons. The summed E-state index contributed by atoms with van der Waals surface area (Å²) in [6, 6.07) is 23.8. The first-order chi connectivity index (χ1) is 14.7. The van der Waals surface area contributed by atoms with E-state index in [9.17, 15) is 4.79 Å². The Kier molecular flexibility index (Phi) is 5.70. The van der Waals surface area contributed by atoms with Crippen molar-refractivity contribution in [2.45, 2.75) is 0 Å². The number of amides is 1. The highest BCUT2D eigenvalue weighted by Crippen LogP contribution is 2.30. The van der Waals surface area contributed by atoms with E-state index in [2.05, 4.69) is 15.5 Å². The van der Waals surface area contributed by atoms with Gasteiger partial charge in [-0.2, -0.15) is 4.98 Å². The summed E-state index contributed by atoms with van der Waals surface area (Å²) >= 11 is 0. The van der Waals surface area contributed by atoms with Gasteiger partial charge in [-0.25, -0.2) is 0 Å². The Morgan fingerprint density at radius 2 is 1.80 bits per heavy atom. The van der Waals surface area contributed by atoms with Crippen LogP contribution in [-0.2, 0) is 4.79 Å². The van der Waals surface area contributed by atoms with Crippen molar-refractivity contribution in [3.05, 3.63) is 78.9 Å². The van der Waals surface area contributed by atoms with Gasteiger partial charge in [-0.3, -0.25) is 4.79 Å². The predicted molar refractivity (Wildman–Crippen MR) is 112 cm³/mol. The molecule has 0 aliphatic carbocycles. The Balaban J connectivity index is 1.49. The summed E-state index contributed by atoms with van der Waals surface area (Å²) in [7, 11) is 1.60. The van der Waals surface area contributed by atoms with Crippen LogP contribution in [0.25, 0.3) is 22.8 Å². The number of benzene rings is 3. The molecule has 0 aliphatic heterocycles. The maximum absolute atomic E-state index is 12.2. The van der Waals surface area contributed by atoms with Gasteiger partial charge in [-0.1, -0.05) is 41.6 Å². The number of nitrogens with one attached hydrogen (secondary N) is 1. The van der Waals surface area contributed by atoms with Gasteiger partial charge < -0.3 is 19.3 Å². The van der Waals surface area contributed by atoms with Crippen LogP contribution in [0.3, 0.4) is 0 Å².